The molecule has 0 unspecified atom stereocenters. The third-order valence-electron chi connectivity index (χ3n) is 4.43. The fraction of sp³-hybridized carbons (Fsp3) is 0.368. The summed E-state index contributed by atoms with van der Waals surface area (Å²) in [5.41, 5.74) is 1.10. The van der Waals surface area contributed by atoms with E-state index in [2.05, 4.69) is 20.6 Å². The maximum absolute atomic E-state index is 13.5. The van der Waals surface area contributed by atoms with Gasteiger partial charge in [0.1, 0.15) is 0 Å². The first kappa shape index (κ1) is 18.8. The quantitative estimate of drug-likeness (QED) is 0.728. The zero-order valence-electron chi connectivity index (χ0n) is 15.2. The Kier molecular flexibility index (Phi) is 5.95. The Morgan fingerprint density at radius 2 is 2.22 bits per heavy atom. The Labute approximate surface area is 157 Å². The van der Waals surface area contributed by atoms with Crippen molar-refractivity contribution in [3.05, 3.63) is 41.8 Å². The second-order valence-corrected chi connectivity index (χ2v) is 6.31. The average Bonchev–Trinajstić information content (AvgIpc) is 3.10. The largest absolute Gasteiger partial charge is 0.371 e. The number of hydrogen-bond donors (Lipinski definition) is 2. The van der Waals surface area contributed by atoms with Crippen molar-refractivity contribution in [2.45, 2.75) is 19.3 Å². The molecule has 1 aromatic heterocycles. The van der Waals surface area contributed by atoms with Crippen LogP contribution in [0.4, 0.5) is 10.2 Å². The zero-order chi connectivity index (χ0) is 19.2. The van der Waals surface area contributed by atoms with E-state index in [1.807, 2.05) is 4.90 Å². The van der Waals surface area contributed by atoms with E-state index in [-0.39, 0.29) is 17.6 Å². The van der Waals surface area contributed by atoms with Gasteiger partial charge in [-0.25, -0.2) is 14.4 Å². The maximum Gasteiger partial charge on any atom is 0.251 e. The molecule has 2 heterocycles. The van der Waals surface area contributed by atoms with Crippen molar-refractivity contribution >= 4 is 17.6 Å². The topological polar surface area (TPSA) is 87.2 Å². The first-order valence-corrected chi connectivity index (χ1v) is 8.95. The fourth-order valence-corrected chi connectivity index (χ4v) is 3.00. The van der Waals surface area contributed by atoms with Gasteiger partial charge in [0.25, 0.3) is 5.91 Å². The summed E-state index contributed by atoms with van der Waals surface area (Å²) in [6, 6.07) is 6.87. The number of benzene rings is 1. The lowest BCUT2D eigenvalue weighted by Crippen LogP contribution is -2.30. The number of hydrogen-bond acceptors (Lipinski definition) is 5. The molecule has 0 aliphatic carbocycles. The zero-order valence-corrected chi connectivity index (χ0v) is 15.2. The minimum atomic E-state index is -0.536. The van der Waals surface area contributed by atoms with E-state index >= 15 is 0 Å². The highest BCUT2D eigenvalue weighted by Crippen LogP contribution is 2.19. The molecule has 1 aromatic carbocycles. The molecule has 0 bridgehead atoms. The Hall–Kier alpha value is -3.03. The number of nitrogens with one attached hydrogen (secondary N) is 2. The van der Waals surface area contributed by atoms with Gasteiger partial charge in [0.05, 0.1) is 6.20 Å². The van der Waals surface area contributed by atoms with E-state index in [4.69, 9.17) is 0 Å². The molecule has 1 fully saturated rings. The van der Waals surface area contributed by atoms with Gasteiger partial charge in [-0.05, 0) is 25.0 Å². The van der Waals surface area contributed by atoms with E-state index in [1.165, 1.54) is 0 Å². The first-order chi connectivity index (χ1) is 13.1. The lowest BCUT2D eigenvalue weighted by Gasteiger charge is -2.15. The van der Waals surface area contributed by atoms with Crippen molar-refractivity contribution in [1.29, 1.82) is 0 Å². The minimum Gasteiger partial charge on any atom is -0.371 e. The van der Waals surface area contributed by atoms with Gasteiger partial charge in [0.15, 0.2) is 17.5 Å². The van der Waals surface area contributed by atoms with Crippen LogP contribution >= 0.6 is 0 Å². The molecule has 0 atom stereocenters. The second kappa shape index (κ2) is 8.57. The molecule has 1 saturated heterocycles. The highest BCUT2D eigenvalue weighted by atomic mass is 19.1. The highest BCUT2D eigenvalue weighted by Gasteiger charge is 2.19. The van der Waals surface area contributed by atoms with Crippen LogP contribution in [0.2, 0.25) is 0 Å². The van der Waals surface area contributed by atoms with Gasteiger partial charge < -0.3 is 15.5 Å². The molecule has 8 heteroatoms. The van der Waals surface area contributed by atoms with Gasteiger partial charge in [0, 0.05) is 44.2 Å². The Bertz CT molecular complexity index is 843. The number of carbonyl (C=O) groups is 2. The monoisotopic (exact) mass is 371 g/mol. The summed E-state index contributed by atoms with van der Waals surface area (Å²) in [4.78, 5) is 33.9. The van der Waals surface area contributed by atoms with Gasteiger partial charge in [-0.1, -0.05) is 12.1 Å². The summed E-state index contributed by atoms with van der Waals surface area (Å²) in [5, 5.41) is 5.53. The molecule has 2 amide bonds. The van der Waals surface area contributed by atoms with Gasteiger partial charge in [-0.15, -0.1) is 0 Å². The second-order valence-electron chi connectivity index (χ2n) is 6.31. The first-order valence-electron chi connectivity index (χ1n) is 8.95. The summed E-state index contributed by atoms with van der Waals surface area (Å²) >= 11 is 0. The summed E-state index contributed by atoms with van der Waals surface area (Å²) in [5.74, 6) is -0.115. The van der Waals surface area contributed by atoms with Gasteiger partial charge >= 0.3 is 0 Å². The Morgan fingerprint density at radius 3 is 2.96 bits per heavy atom. The molecule has 0 radical (unpaired) electrons. The van der Waals surface area contributed by atoms with Gasteiger partial charge in [-0.2, -0.15) is 0 Å². The van der Waals surface area contributed by atoms with E-state index in [9.17, 15) is 14.0 Å². The predicted octanol–water partition coefficient (Wildman–Crippen LogP) is 2.07. The predicted molar refractivity (Wildman–Crippen MR) is 99.7 cm³/mol. The molecule has 0 saturated carbocycles. The van der Waals surface area contributed by atoms with Crippen LogP contribution in [-0.2, 0) is 4.79 Å². The Balaban J connectivity index is 1.59. The van der Waals surface area contributed by atoms with Gasteiger partial charge in [-0.3, -0.25) is 9.59 Å². The van der Waals surface area contributed by atoms with Crippen LogP contribution in [0.1, 0.15) is 29.6 Å². The molecule has 2 N–H and O–H groups in total. The summed E-state index contributed by atoms with van der Waals surface area (Å²) in [6.07, 6.45) is 3.35. The van der Waals surface area contributed by atoms with Crippen molar-refractivity contribution in [2.24, 2.45) is 0 Å². The number of rotatable bonds is 7. The summed E-state index contributed by atoms with van der Waals surface area (Å²) in [7, 11) is 1.58. The summed E-state index contributed by atoms with van der Waals surface area (Å²) in [6.45, 7) is 1.96. The van der Waals surface area contributed by atoms with Crippen LogP contribution in [-0.4, -0.2) is 53.4 Å². The Morgan fingerprint density at radius 1 is 1.37 bits per heavy atom. The number of aromatic nitrogens is 2. The third-order valence-corrected chi connectivity index (χ3v) is 4.43. The standard InChI is InChI=1S/C19H22FN5O2/c1-21-18-15(20)12-23-17(24-18)13-5-2-6-14(11-13)19(27)22-8-4-10-25-9-3-7-16(25)26/h2,5-6,11-12H,3-4,7-10H2,1H3,(H,22,27)(H,21,23,24). The van der Waals surface area contributed by atoms with E-state index in [1.54, 1.807) is 31.3 Å². The number of nitrogens with zero attached hydrogens (tertiary/aromatic N) is 3. The fourth-order valence-electron chi connectivity index (χ4n) is 3.00. The normalized spacial score (nSPS) is 13.7. The third kappa shape index (κ3) is 4.58. The van der Waals surface area contributed by atoms with Crippen LogP contribution < -0.4 is 10.6 Å². The molecule has 0 spiro atoms. The number of carbonyl (C=O) groups excluding carboxylic acids is 2. The molecule has 27 heavy (non-hydrogen) atoms. The number of halogens is 1. The lowest BCUT2D eigenvalue weighted by molar-refractivity contribution is -0.127. The lowest BCUT2D eigenvalue weighted by atomic mass is 10.1. The SMILES string of the molecule is CNc1nc(-c2cccc(C(=O)NCCCN3CCCC3=O)c2)ncc1F. The van der Waals surface area contributed by atoms with Crippen molar-refractivity contribution in [2.75, 3.05) is 32.0 Å². The van der Waals surface area contributed by atoms with Crippen molar-refractivity contribution in [1.82, 2.24) is 20.2 Å². The van der Waals surface area contributed by atoms with Crippen LogP contribution in [0.5, 0.6) is 0 Å². The minimum absolute atomic E-state index is 0.103. The van der Waals surface area contributed by atoms with E-state index in [0.717, 1.165) is 19.2 Å². The molecule has 3 rings (SSSR count). The molecule has 2 aromatic rings. The molecule has 142 valence electrons. The number of likely N-dealkylation sites (tertiary alicyclic amines) is 1. The van der Waals surface area contributed by atoms with Crippen molar-refractivity contribution in [3.8, 4) is 11.4 Å². The smallest absolute Gasteiger partial charge is 0.251 e. The van der Waals surface area contributed by atoms with Crippen LogP contribution in [0.3, 0.4) is 0 Å². The maximum atomic E-state index is 13.5. The van der Waals surface area contributed by atoms with Crippen LogP contribution in [0, 0.1) is 5.82 Å². The molecular weight excluding hydrogens is 349 g/mol. The van der Waals surface area contributed by atoms with E-state index in [0.29, 0.717) is 42.9 Å². The molecule has 1 aliphatic heterocycles. The number of amides is 2. The molecule has 1 aliphatic rings. The molecule has 7 nitrogen and oxygen atoms in total. The van der Waals surface area contributed by atoms with Crippen molar-refractivity contribution < 1.29 is 14.0 Å². The van der Waals surface area contributed by atoms with Gasteiger partial charge in [0.2, 0.25) is 5.91 Å². The van der Waals surface area contributed by atoms with Crippen molar-refractivity contribution in [3.63, 3.8) is 0 Å². The summed E-state index contributed by atoms with van der Waals surface area (Å²) < 4.78 is 13.5. The average molecular weight is 371 g/mol. The van der Waals surface area contributed by atoms with E-state index < -0.39 is 5.82 Å². The molecular formula is C19H22FN5O2. The number of anilines is 1. The van der Waals surface area contributed by atoms with Crippen LogP contribution in [0.15, 0.2) is 30.5 Å². The van der Waals surface area contributed by atoms with Crippen LogP contribution in [0.25, 0.3) is 11.4 Å². The highest BCUT2D eigenvalue weighted by molar-refractivity contribution is 5.95.